The Hall–Kier alpha value is -2.87. The van der Waals surface area contributed by atoms with Crippen LogP contribution in [0.15, 0.2) is 24.4 Å². The molecular weight excluding hydrogens is 507 g/mol. The van der Waals surface area contributed by atoms with Crippen LogP contribution >= 0.6 is 22.9 Å². The fraction of sp³-hybridized carbons (Fsp3) is 0.300. The number of ether oxygens (including phenoxy) is 1. The normalized spacial score (nSPS) is 11.4. The molecule has 0 aliphatic heterocycles. The molecule has 182 valence electrons. The van der Waals surface area contributed by atoms with Crippen molar-refractivity contribution in [1.82, 2.24) is 19.9 Å². The third kappa shape index (κ3) is 6.17. The third-order valence-corrected chi connectivity index (χ3v) is 6.58. The van der Waals surface area contributed by atoms with Gasteiger partial charge in [0.1, 0.15) is 5.75 Å². The molecule has 0 aliphatic rings. The number of likely N-dealkylation sites (N-methyl/N-ethyl adjacent to an activating group) is 1. The molecule has 0 saturated carbocycles. The Bertz CT molecular complexity index is 1320. The van der Waals surface area contributed by atoms with Gasteiger partial charge >= 0.3 is 0 Å². The Balaban J connectivity index is 1.85. The van der Waals surface area contributed by atoms with Gasteiger partial charge < -0.3 is 9.64 Å². The number of aryl methyl sites for hydroxylation is 1. The van der Waals surface area contributed by atoms with E-state index in [2.05, 4.69) is 25.2 Å². The first-order chi connectivity index (χ1) is 16.0. The first kappa shape index (κ1) is 25.7. The molecule has 10 nitrogen and oxygen atoms in total. The molecular formula is C20H22ClFN6O4S2. The number of nitrogens with zero attached hydrogens (tertiary/aromatic N) is 4. The summed E-state index contributed by atoms with van der Waals surface area (Å²) in [4.78, 5) is 18.9. The van der Waals surface area contributed by atoms with E-state index in [1.54, 1.807) is 24.9 Å². The maximum atomic E-state index is 15.0. The molecule has 1 aromatic carbocycles. The molecule has 0 aliphatic carbocycles. The number of sulfonamides is 1. The Labute approximate surface area is 205 Å². The highest BCUT2D eigenvalue weighted by Gasteiger charge is 2.23. The number of benzene rings is 1. The summed E-state index contributed by atoms with van der Waals surface area (Å²) in [6.07, 6.45) is 2.41. The molecule has 2 N–H and O–H groups in total. The lowest BCUT2D eigenvalue weighted by atomic mass is 9.98. The van der Waals surface area contributed by atoms with Crippen LogP contribution in [-0.2, 0) is 10.0 Å². The summed E-state index contributed by atoms with van der Waals surface area (Å²) in [6, 6.07) is 4.46. The zero-order valence-corrected chi connectivity index (χ0v) is 21.1. The number of halogens is 2. The van der Waals surface area contributed by atoms with Gasteiger partial charge in [0.25, 0.3) is 5.91 Å². The number of carbonyl (C=O) groups is 1. The summed E-state index contributed by atoms with van der Waals surface area (Å²) in [7, 11) is -0.192. The molecule has 14 heteroatoms. The number of methoxy groups -OCH3 is 1. The topological polar surface area (TPSA) is 126 Å². The van der Waals surface area contributed by atoms with Gasteiger partial charge in [-0.15, -0.1) is 10.2 Å². The minimum absolute atomic E-state index is 0.0433. The number of amides is 1. The second-order valence-corrected chi connectivity index (χ2v) is 10.4. The highest BCUT2D eigenvalue weighted by molar-refractivity contribution is 7.88. The van der Waals surface area contributed by atoms with E-state index in [1.165, 1.54) is 25.4 Å². The predicted octanol–water partition coefficient (Wildman–Crippen LogP) is 2.95. The average molecular weight is 529 g/mol. The van der Waals surface area contributed by atoms with Crippen LogP contribution < -0.4 is 19.7 Å². The second kappa shape index (κ2) is 10.6. The number of rotatable bonds is 9. The first-order valence-electron chi connectivity index (χ1n) is 9.79. The first-order valence-corrected chi connectivity index (χ1v) is 12.9. The van der Waals surface area contributed by atoms with Gasteiger partial charge in [0.2, 0.25) is 20.3 Å². The zero-order valence-electron chi connectivity index (χ0n) is 18.7. The Morgan fingerprint density at radius 2 is 2.06 bits per heavy atom. The molecule has 0 bridgehead atoms. The van der Waals surface area contributed by atoms with Crippen LogP contribution in [0.2, 0.25) is 5.02 Å². The summed E-state index contributed by atoms with van der Waals surface area (Å²) in [5.41, 5.74) is 0.959. The molecule has 0 radical (unpaired) electrons. The maximum absolute atomic E-state index is 15.0. The van der Waals surface area contributed by atoms with Gasteiger partial charge in [0.15, 0.2) is 5.82 Å². The molecule has 0 unspecified atom stereocenters. The number of hydrogen-bond acceptors (Lipinski definition) is 9. The van der Waals surface area contributed by atoms with Crippen molar-refractivity contribution in [2.24, 2.45) is 0 Å². The summed E-state index contributed by atoms with van der Waals surface area (Å²) in [5.74, 6) is -1.08. The Kier molecular flexibility index (Phi) is 8.02. The fourth-order valence-electron chi connectivity index (χ4n) is 2.98. The SMILES string of the molecule is COc1ccc(Cl)c(F)c1-c1cc(C)ncc1C(=O)Nc1nnc(N(C)CCNS(C)(=O)=O)s1. The molecule has 3 rings (SSSR count). The van der Waals surface area contributed by atoms with Crippen molar-refractivity contribution >= 4 is 49.1 Å². The van der Waals surface area contributed by atoms with Crippen LogP contribution in [0.4, 0.5) is 14.7 Å². The number of hydrogen-bond donors (Lipinski definition) is 2. The Morgan fingerprint density at radius 1 is 1.32 bits per heavy atom. The van der Waals surface area contributed by atoms with Gasteiger partial charge in [-0.25, -0.2) is 17.5 Å². The van der Waals surface area contributed by atoms with E-state index in [4.69, 9.17) is 16.3 Å². The molecule has 0 saturated heterocycles. The van der Waals surface area contributed by atoms with Crippen molar-refractivity contribution in [3.05, 3.63) is 46.5 Å². The van der Waals surface area contributed by atoms with Crippen LogP contribution in [0.25, 0.3) is 11.1 Å². The lowest BCUT2D eigenvalue weighted by molar-refractivity contribution is 0.102. The number of carbonyl (C=O) groups excluding carboxylic acids is 1. The molecule has 0 fully saturated rings. The Morgan fingerprint density at radius 3 is 2.74 bits per heavy atom. The van der Waals surface area contributed by atoms with E-state index in [0.717, 1.165) is 17.6 Å². The fourth-order valence-corrected chi connectivity index (χ4v) is 4.33. The van der Waals surface area contributed by atoms with Gasteiger partial charge in [-0.2, -0.15) is 0 Å². The molecule has 2 aromatic heterocycles. The summed E-state index contributed by atoms with van der Waals surface area (Å²) < 4.78 is 45.0. The van der Waals surface area contributed by atoms with Crippen molar-refractivity contribution < 1.29 is 22.3 Å². The summed E-state index contributed by atoms with van der Waals surface area (Å²) in [6.45, 7) is 2.24. The van der Waals surface area contributed by atoms with E-state index in [1.807, 2.05) is 0 Å². The smallest absolute Gasteiger partial charge is 0.259 e. The summed E-state index contributed by atoms with van der Waals surface area (Å²) in [5, 5.41) is 11.2. The highest BCUT2D eigenvalue weighted by Crippen LogP contribution is 2.38. The van der Waals surface area contributed by atoms with Crippen molar-refractivity contribution in [3.63, 3.8) is 0 Å². The molecule has 1 amide bonds. The molecule has 34 heavy (non-hydrogen) atoms. The largest absolute Gasteiger partial charge is 0.496 e. The van der Waals surface area contributed by atoms with Gasteiger partial charge in [0.05, 0.1) is 29.5 Å². The minimum Gasteiger partial charge on any atom is -0.496 e. The number of aromatic nitrogens is 3. The molecule has 0 spiro atoms. The van der Waals surface area contributed by atoms with Gasteiger partial charge in [-0.1, -0.05) is 22.9 Å². The van der Waals surface area contributed by atoms with Crippen LogP contribution in [0.5, 0.6) is 5.75 Å². The second-order valence-electron chi connectivity index (χ2n) is 7.24. The number of pyridine rings is 1. The van der Waals surface area contributed by atoms with E-state index in [-0.39, 0.29) is 39.1 Å². The van der Waals surface area contributed by atoms with Crippen LogP contribution in [0.1, 0.15) is 16.1 Å². The molecule has 3 aromatic rings. The van der Waals surface area contributed by atoms with Crippen LogP contribution in [0, 0.1) is 12.7 Å². The van der Waals surface area contributed by atoms with E-state index in [0.29, 0.717) is 17.4 Å². The highest BCUT2D eigenvalue weighted by atomic mass is 35.5. The zero-order chi connectivity index (χ0) is 25.0. The van der Waals surface area contributed by atoms with Crippen LogP contribution in [0.3, 0.4) is 0 Å². The molecule has 2 heterocycles. The standard InChI is InChI=1S/C20H22ClFN6O4S2/c1-11-9-12(16-15(32-3)6-5-14(21)17(16)22)13(10-23-11)18(29)25-19-26-27-20(33-19)28(2)8-7-24-34(4,30)31/h5-6,9-10,24H,7-8H2,1-4H3,(H,25,26,29). The average Bonchev–Trinajstić information content (AvgIpc) is 3.23. The monoisotopic (exact) mass is 528 g/mol. The quantitative estimate of drug-likeness (QED) is 0.434. The third-order valence-electron chi connectivity index (χ3n) is 4.60. The van der Waals surface area contributed by atoms with Crippen molar-refractivity contribution in [2.45, 2.75) is 6.92 Å². The lowest BCUT2D eigenvalue weighted by Crippen LogP contribution is -2.32. The number of nitrogens with one attached hydrogen (secondary N) is 2. The molecule has 0 atom stereocenters. The van der Waals surface area contributed by atoms with Gasteiger partial charge in [-0.05, 0) is 25.1 Å². The van der Waals surface area contributed by atoms with Crippen molar-refractivity contribution in [3.8, 4) is 16.9 Å². The summed E-state index contributed by atoms with van der Waals surface area (Å²) >= 11 is 7.08. The van der Waals surface area contributed by atoms with E-state index in [9.17, 15) is 17.6 Å². The van der Waals surface area contributed by atoms with Gasteiger partial charge in [-0.3, -0.25) is 15.1 Å². The predicted molar refractivity (Wildman–Crippen MR) is 130 cm³/mol. The minimum atomic E-state index is -3.30. The van der Waals surface area contributed by atoms with E-state index < -0.39 is 21.7 Å². The van der Waals surface area contributed by atoms with Crippen LogP contribution in [-0.4, -0.2) is 63.0 Å². The van der Waals surface area contributed by atoms with E-state index >= 15 is 0 Å². The lowest BCUT2D eigenvalue weighted by Gasteiger charge is -2.15. The maximum Gasteiger partial charge on any atom is 0.259 e. The number of anilines is 2. The van der Waals surface area contributed by atoms with Gasteiger partial charge in [0, 0.05) is 37.6 Å². The van der Waals surface area contributed by atoms with Crippen molar-refractivity contribution in [2.75, 3.05) is 43.7 Å². The van der Waals surface area contributed by atoms with Crippen molar-refractivity contribution in [1.29, 1.82) is 0 Å².